The van der Waals surface area contributed by atoms with Crippen molar-refractivity contribution in [3.63, 3.8) is 0 Å². The van der Waals surface area contributed by atoms with Gasteiger partial charge in [0.05, 0.1) is 12.0 Å². The second-order valence-corrected chi connectivity index (χ2v) is 7.39. The number of rotatable bonds is 8. The van der Waals surface area contributed by atoms with Crippen molar-refractivity contribution in [2.45, 2.75) is 37.5 Å². The summed E-state index contributed by atoms with van der Waals surface area (Å²) in [5.41, 5.74) is 1.13. The summed E-state index contributed by atoms with van der Waals surface area (Å²) in [5.74, 6) is 1.04. The van der Waals surface area contributed by atoms with Crippen LogP contribution >= 0.6 is 0 Å². The van der Waals surface area contributed by atoms with Crippen LogP contribution < -0.4 is 14.8 Å². The van der Waals surface area contributed by atoms with Gasteiger partial charge in [-0.25, -0.2) is 0 Å². The van der Waals surface area contributed by atoms with Crippen LogP contribution in [-0.2, 0) is 10.2 Å². The molecule has 0 saturated heterocycles. The molecule has 29 heavy (non-hydrogen) atoms. The standard InChI is InChI=1S/C22H26N2O5/c1-28-19-9-5-17(6-10-19)22(13-3-2-4-14-22)16-23-21(25)15-29-20-11-7-18(8-12-20)24(26)27/h5-12H,2-4,13-16H2,1H3,(H,23,25). The number of carbonyl (C=O) groups excluding carboxylic acids is 1. The lowest BCUT2D eigenvalue weighted by atomic mass is 9.69. The molecule has 0 aliphatic heterocycles. The molecule has 0 atom stereocenters. The number of hydrogen-bond acceptors (Lipinski definition) is 5. The second kappa shape index (κ2) is 9.41. The molecule has 1 fully saturated rings. The Balaban J connectivity index is 1.58. The average Bonchev–Trinajstić information content (AvgIpc) is 2.77. The van der Waals surface area contributed by atoms with E-state index in [0.29, 0.717) is 12.3 Å². The quantitative estimate of drug-likeness (QED) is 0.536. The van der Waals surface area contributed by atoms with Crippen LogP contribution in [0.25, 0.3) is 0 Å². The topological polar surface area (TPSA) is 90.7 Å². The zero-order valence-electron chi connectivity index (χ0n) is 16.6. The zero-order valence-corrected chi connectivity index (χ0v) is 16.6. The molecule has 0 unspecified atom stereocenters. The van der Waals surface area contributed by atoms with Crippen molar-refractivity contribution < 1.29 is 19.2 Å². The first-order valence-electron chi connectivity index (χ1n) is 9.81. The van der Waals surface area contributed by atoms with E-state index >= 15 is 0 Å². The van der Waals surface area contributed by atoms with Crippen LogP contribution in [0.1, 0.15) is 37.7 Å². The van der Waals surface area contributed by atoms with E-state index in [4.69, 9.17) is 9.47 Å². The van der Waals surface area contributed by atoms with Gasteiger partial charge in [0, 0.05) is 24.1 Å². The van der Waals surface area contributed by atoms with E-state index in [1.807, 2.05) is 12.1 Å². The molecular weight excluding hydrogens is 372 g/mol. The van der Waals surface area contributed by atoms with E-state index in [0.717, 1.165) is 31.4 Å². The fourth-order valence-electron chi connectivity index (χ4n) is 3.87. The monoisotopic (exact) mass is 398 g/mol. The molecule has 154 valence electrons. The SMILES string of the molecule is COc1ccc(C2(CNC(=O)COc3ccc([N+](=O)[O-])cc3)CCCCC2)cc1. The molecule has 0 bridgehead atoms. The maximum Gasteiger partial charge on any atom is 0.269 e. The van der Waals surface area contributed by atoms with Crippen molar-refractivity contribution in [3.05, 3.63) is 64.2 Å². The van der Waals surface area contributed by atoms with Gasteiger partial charge >= 0.3 is 0 Å². The Morgan fingerprint density at radius 2 is 1.66 bits per heavy atom. The maximum atomic E-state index is 12.3. The highest BCUT2D eigenvalue weighted by Crippen LogP contribution is 2.39. The Hall–Kier alpha value is -3.09. The molecule has 7 nitrogen and oxygen atoms in total. The van der Waals surface area contributed by atoms with Crippen molar-refractivity contribution in [1.29, 1.82) is 0 Å². The van der Waals surface area contributed by atoms with Gasteiger partial charge < -0.3 is 14.8 Å². The number of methoxy groups -OCH3 is 1. The lowest BCUT2D eigenvalue weighted by Crippen LogP contribution is -2.43. The number of nitrogens with zero attached hydrogens (tertiary/aromatic N) is 1. The van der Waals surface area contributed by atoms with Crippen LogP contribution in [0.15, 0.2) is 48.5 Å². The van der Waals surface area contributed by atoms with Crippen LogP contribution in [0.2, 0.25) is 0 Å². The van der Waals surface area contributed by atoms with Crippen LogP contribution in [-0.4, -0.2) is 31.1 Å². The number of nitro groups is 1. The highest BCUT2D eigenvalue weighted by molar-refractivity contribution is 5.77. The molecule has 0 spiro atoms. The van der Waals surface area contributed by atoms with Crippen LogP contribution in [0.5, 0.6) is 11.5 Å². The molecule has 0 heterocycles. The number of carbonyl (C=O) groups is 1. The van der Waals surface area contributed by atoms with Gasteiger partial charge in [-0.3, -0.25) is 14.9 Å². The fraction of sp³-hybridized carbons (Fsp3) is 0.409. The number of hydrogen-bond donors (Lipinski definition) is 1. The Kier molecular flexibility index (Phi) is 6.69. The van der Waals surface area contributed by atoms with Gasteiger partial charge in [-0.15, -0.1) is 0 Å². The summed E-state index contributed by atoms with van der Waals surface area (Å²) in [7, 11) is 1.65. The van der Waals surface area contributed by atoms with E-state index in [2.05, 4.69) is 17.4 Å². The molecular formula is C22H26N2O5. The van der Waals surface area contributed by atoms with Crippen molar-refractivity contribution in [2.75, 3.05) is 20.3 Å². The minimum absolute atomic E-state index is 0.0134. The molecule has 1 aliphatic carbocycles. The molecule has 3 rings (SSSR count). The Morgan fingerprint density at radius 1 is 1.03 bits per heavy atom. The third kappa shape index (κ3) is 5.25. The summed E-state index contributed by atoms with van der Waals surface area (Å²) in [6, 6.07) is 13.8. The first-order valence-corrected chi connectivity index (χ1v) is 9.81. The summed E-state index contributed by atoms with van der Waals surface area (Å²) < 4.78 is 10.7. The van der Waals surface area contributed by atoms with Gasteiger partial charge in [0.1, 0.15) is 11.5 Å². The number of nitrogens with one attached hydrogen (secondary N) is 1. The van der Waals surface area contributed by atoms with Gasteiger partial charge in [0.2, 0.25) is 0 Å². The molecule has 2 aromatic rings. The maximum absolute atomic E-state index is 12.3. The van der Waals surface area contributed by atoms with Crippen molar-refractivity contribution in [2.24, 2.45) is 0 Å². The summed E-state index contributed by atoms with van der Waals surface area (Å²) >= 11 is 0. The third-order valence-electron chi connectivity index (χ3n) is 5.55. The summed E-state index contributed by atoms with van der Waals surface area (Å²) in [4.78, 5) is 22.6. The van der Waals surface area contributed by atoms with Gasteiger partial charge in [-0.1, -0.05) is 31.4 Å². The van der Waals surface area contributed by atoms with Gasteiger partial charge in [0.25, 0.3) is 11.6 Å². The summed E-state index contributed by atoms with van der Waals surface area (Å²) in [6.07, 6.45) is 5.56. The molecule has 1 aliphatic rings. The van der Waals surface area contributed by atoms with Crippen LogP contribution in [0.3, 0.4) is 0 Å². The van der Waals surface area contributed by atoms with Gasteiger partial charge in [0.15, 0.2) is 6.61 Å². The van der Waals surface area contributed by atoms with Crippen molar-refractivity contribution in [3.8, 4) is 11.5 Å². The number of ether oxygens (including phenoxy) is 2. The van der Waals surface area contributed by atoms with E-state index in [-0.39, 0.29) is 23.6 Å². The van der Waals surface area contributed by atoms with Gasteiger partial charge in [-0.2, -0.15) is 0 Å². The van der Waals surface area contributed by atoms with E-state index < -0.39 is 4.92 Å². The first-order chi connectivity index (χ1) is 14.0. The molecule has 0 radical (unpaired) electrons. The summed E-state index contributed by atoms with van der Waals surface area (Å²) in [5, 5.41) is 13.7. The molecule has 7 heteroatoms. The molecule has 0 aromatic heterocycles. The predicted octanol–water partition coefficient (Wildman–Crippen LogP) is 4.00. The lowest BCUT2D eigenvalue weighted by Gasteiger charge is -2.38. The molecule has 1 amide bonds. The minimum atomic E-state index is -0.473. The summed E-state index contributed by atoms with van der Waals surface area (Å²) in [6.45, 7) is 0.429. The highest BCUT2D eigenvalue weighted by atomic mass is 16.6. The lowest BCUT2D eigenvalue weighted by molar-refractivity contribution is -0.384. The predicted molar refractivity (Wildman–Crippen MR) is 109 cm³/mol. The van der Waals surface area contributed by atoms with Crippen LogP contribution in [0.4, 0.5) is 5.69 Å². The third-order valence-corrected chi connectivity index (χ3v) is 5.55. The van der Waals surface area contributed by atoms with E-state index in [1.54, 1.807) is 7.11 Å². The molecule has 2 aromatic carbocycles. The first kappa shape index (κ1) is 20.6. The molecule has 1 N–H and O–H groups in total. The Morgan fingerprint density at radius 3 is 2.24 bits per heavy atom. The number of benzene rings is 2. The fourth-order valence-corrected chi connectivity index (χ4v) is 3.87. The largest absolute Gasteiger partial charge is 0.497 e. The Labute approximate surface area is 170 Å². The average molecular weight is 398 g/mol. The van der Waals surface area contributed by atoms with E-state index in [1.165, 1.54) is 36.2 Å². The Bertz CT molecular complexity index is 827. The van der Waals surface area contributed by atoms with Crippen molar-refractivity contribution >= 4 is 11.6 Å². The minimum Gasteiger partial charge on any atom is -0.497 e. The number of non-ortho nitro benzene ring substituents is 1. The number of amides is 1. The zero-order chi connectivity index (χ0) is 20.7. The normalized spacial score (nSPS) is 15.3. The van der Waals surface area contributed by atoms with Gasteiger partial charge in [-0.05, 0) is 42.7 Å². The number of nitro benzene ring substituents is 1. The second-order valence-electron chi connectivity index (χ2n) is 7.39. The smallest absolute Gasteiger partial charge is 0.269 e. The molecule has 1 saturated carbocycles. The highest BCUT2D eigenvalue weighted by Gasteiger charge is 2.34. The van der Waals surface area contributed by atoms with E-state index in [9.17, 15) is 14.9 Å². The van der Waals surface area contributed by atoms with Crippen molar-refractivity contribution in [1.82, 2.24) is 5.32 Å². The van der Waals surface area contributed by atoms with Crippen LogP contribution in [0, 0.1) is 10.1 Å².